The fourth-order valence-electron chi connectivity index (χ4n) is 2.03. The SMILES string of the molecule is Cc1ccc2c(N)c(C(=O)Nc3ccc(Cl)cc3Cl)sc2n1. The summed E-state index contributed by atoms with van der Waals surface area (Å²) in [6.07, 6.45) is 0. The van der Waals surface area contributed by atoms with Crippen LogP contribution in [0.2, 0.25) is 10.0 Å². The van der Waals surface area contributed by atoms with E-state index >= 15 is 0 Å². The molecule has 1 aromatic carbocycles. The lowest BCUT2D eigenvalue weighted by Gasteiger charge is -2.06. The quantitative estimate of drug-likeness (QED) is 0.700. The molecule has 0 spiro atoms. The third-order valence-corrected chi connectivity index (χ3v) is 4.78. The minimum Gasteiger partial charge on any atom is -0.397 e. The van der Waals surface area contributed by atoms with Crippen LogP contribution in [0.25, 0.3) is 10.2 Å². The van der Waals surface area contributed by atoms with Crippen molar-refractivity contribution in [2.45, 2.75) is 6.92 Å². The first-order valence-electron chi connectivity index (χ1n) is 6.37. The van der Waals surface area contributed by atoms with Crippen molar-refractivity contribution in [2.75, 3.05) is 11.1 Å². The first-order chi connectivity index (χ1) is 10.5. The summed E-state index contributed by atoms with van der Waals surface area (Å²) in [5.41, 5.74) is 7.85. The lowest BCUT2D eigenvalue weighted by Crippen LogP contribution is -2.12. The number of carbonyl (C=O) groups is 1. The Hall–Kier alpha value is -1.82. The van der Waals surface area contributed by atoms with Crippen molar-refractivity contribution >= 4 is 62.0 Å². The second-order valence-corrected chi connectivity index (χ2v) is 6.57. The Morgan fingerprint density at radius 3 is 2.77 bits per heavy atom. The van der Waals surface area contributed by atoms with Gasteiger partial charge in [0.2, 0.25) is 0 Å². The number of nitrogens with one attached hydrogen (secondary N) is 1. The third-order valence-electron chi connectivity index (χ3n) is 3.12. The molecule has 22 heavy (non-hydrogen) atoms. The molecule has 1 amide bonds. The van der Waals surface area contributed by atoms with Gasteiger partial charge in [0.25, 0.3) is 5.91 Å². The first kappa shape index (κ1) is 15.1. The zero-order valence-electron chi connectivity index (χ0n) is 11.5. The summed E-state index contributed by atoms with van der Waals surface area (Å²) < 4.78 is 0. The van der Waals surface area contributed by atoms with Gasteiger partial charge in [-0.3, -0.25) is 4.79 Å². The Morgan fingerprint density at radius 2 is 2.05 bits per heavy atom. The molecule has 0 aliphatic heterocycles. The summed E-state index contributed by atoms with van der Waals surface area (Å²) >= 11 is 13.2. The fraction of sp³-hybridized carbons (Fsp3) is 0.0667. The molecule has 0 fully saturated rings. The fourth-order valence-corrected chi connectivity index (χ4v) is 3.52. The standard InChI is InChI=1S/C15H11Cl2N3OS/c1-7-2-4-9-12(18)13(22-15(9)19-7)14(21)20-11-5-3-8(16)6-10(11)17/h2-6H,18H2,1H3,(H,20,21). The zero-order valence-corrected chi connectivity index (χ0v) is 13.8. The first-order valence-corrected chi connectivity index (χ1v) is 7.95. The van der Waals surface area contributed by atoms with Gasteiger partial charge in [0, 0.05) is 16.1 Å². The maximum atomic E-state index is 12.4. The average molecular weight is 352 g/mol. The number of aromatic nitrogens is 1. The van der Waals surface area contributed by atoms with Gasteiger partial charge in [0.1, 0.15) is 9.71 Å². The van der Waals surface area contributed by atoms with E-state index in [-0.39, 0.29) is 5.91 Å². The monoisotopic (exact) mass is 351 g/mol. The number of hydrogen-bond donors (Lipinski definition) is 2. The van der Waals surface area contributed by atoms with Crippen molar-refractivity contribution in [1.29, 1.82) is 0 Å². The summed E-state index contributed by atoms with van der Waals surface area (Å²) in [4.78, 5) is 18.0. The van der Waals surface area contributed by atoms with Gasteiger partial charge in [-0.05, 0) is 37.3 Å². The Kier molecular flexibility index (Phi) is 3.95. The number of fused-ring (bicyclic) bond motifs is 1. The Labute approximate surface area is 140 Å². The number of hydrogen-bond acceptors (Lipinski definition) is 4. The molecule has 0 atom stereocenters. The molecule has 0 aliphatic rings. The molecule has 3 rings (SSSR count). The molecular formula is C15H11Cl2N3OS. The Bertz CT molecular complexity index is 892. The van der Waals surface area contributed by atoms with Gasteiger partial charge in [-0.2, -0.15) is 0 Å². The topological polar surface area (TPSA) is 68.0 Å². The third kappa shape index (κ3) is 2.75. The van der Waals surface area contributed by atoms with Crippen molar-refractivity contribution in [3.8, 4) is 0 Å². The number of nitrogens with zero attached hydrogens (tertiary/aromatic N) is 1. The molecule has 2 aromatic heterocycles. The van der Waals surface area contributed by atoms with E-state index in [9.17, 15) is 4.79 Å². The maximum Gasteiger partial charge on any atom is 0.267 e. The van der Waals surface area contributed by atoms with Crippen molar-refractivity contribution in [3.63, 3.8) is 0 Å². The Balaban J connectivity index is 1.97. The molecule has 0 unspecified atom stereocenters. The van der Waals surface area contributed by atoms with Crippen LogP contribution in [0.15, 0.2) is 30.3 Å². The number of carbonyl (C=O) groups excluding carboxylic acids is 1. The molecule has 0 aliphatic carbocycles. The van der Waals surface area contributed by atoms with E-state index in [0.717, 1.165) is 15.9 Å². The van der Waals surface area contributed by atoms with E-state index in [1.807, 2.05) is 19.1 Å². The molecule has 0 saturated heterocycles. The van der Waals surface area contributed by atoms with Gasteiger partial charge >= 0.3 is 0 Å². The normalized spacial score (nSPS) is 10.9. The maximum absolute atomic E-state index is 12.4. The van der Waals surface area contributed by atoms with Crippen LogP contribution in [0, 0.1) is 6.92 Å². The van der Waals surface area contributed by atoms with Crippen LogP contribution in [0.3, 0.4) is 0 Å². The van der Waals surface area contributed by atoms with Crippen LogP contribution in [-0.2, 0) is 0 Å². The summed E-state index contributed by atoms with van der Waals surface area (Å²) in [5.74, 6) is -0.317. The number of pyridine rings is 1. The van der Waals surface area contributed by atoms with Gasteiger partial charge in [-0.25, -0.2) is 4.98 Å². The second-order valence-electron chi connectivity index (χ2n) is 4.73. The van der Waals surface area contributed by atoms with Gasteiger partial charge < -0.3 is 11.1 Å². The average Bonchev–Trinajstić information content (AvgIpc) is 2.78. The van der Waals surface area contributed by atoms with E-state index < -0.39 is 0 Å². The number of anilines is 2. The van der Waals surface area contributed by atoms with Crippen molar-refractivity contribution < 1.29 is 4.79 Å². The molecule has 3 aromatic rings. The minimum absolute atomic E-state index is 0.317. The molecule has 112 valence electrons. The second kappa shape index (κ2) is 5.76. The predicted molar refractivity (Wildman–Crippen MR) is 93.2 cm³/mol. The number of amides is 1. The van der Waals surface area contributed by atoms with E-state index in [1.165, 1.54) is 11.3 Å². The van der Waals surface area contributed by atoms with Gasteiger partial charge in [-0.1, -0.05) is 23.2 Å². The lowest BCUT2D eigenvalue weighted by molar-refractivity contribution is 0.103. The van der Waals surface area contributed by atoms with E-state index in [1.54, 1.807) is 18.2 Å². The summed E-state index contributed by atoms with van der Waals surface area (Å²) in [6, 6.07) is 8.60. The van der Waals surface area contributed by atoms with E-state index in [0.29, 0.717) is 26.3 Å². The largest absolute Gasteiger partial charge is 0.397 e. The lowest BCUT2D eigenvalue weighted by atomic mass is 10.2. The molecule has 0 radical (unpaired) electrons. The number of nitrogen functional groups attached to an aromatic ring is 1. The van der Waals surface area contributed by atoms with Crippen LogP contribution < -0.4 is 11.1 Å². The van der Waals surface area contributed by atoms with Crippen LogP contribution in [0.5, 0.6) is 0 Å². The summed E-state index contributed by atoms with van der Waals surface area (Å²) in [7, 11) is 0. The number of aryl methyl sites for hydroxylation is 1. The number of thiophene rings is 1. The van der Waals surface area contributed by atoms with Gasteiger partial charge in [0.05, 0.1) is 16.4 Å². The van der Waals surface area contributed by atoms with Crippen molar-refractivity contribution in [3.05, 3.63) is 50.9 Å². The van der Waals surface area contributed by atoms with Gasteiger partial charge in [0.15, 0.2) is 0 Å². The number of benzene rings is 1. The van der Waals surface area contributed by atoms with Gasteiger partial charge in [-0.15, -0.1) is 11.3 Å². The highest BCUT2D eigenvalue weighted by Crippen LogP contribution is 2.34. The highest BCUT2D eigenvalue weighted by molar-refractivity contribution is 7.21. The van der Waals surface area contributed by atoms with Crippen LogP contribution in [-0.4, -0.2) is 10.9 Å². The molecule has 2 heterocycles. The van der Waals surface area contributed by atoms with Crippen molar-refractivity contribution in [2.24, 2.45) is 0 Å². The van der Waals surface area contributed by atoms with Crippen molar-refractivity contribution in [1.82, 2.24) is 4.98 Å². The minimum atomic E-state index is -0.317. The van der Waals surface area contributed by atoms with Crippen LogP contribution in [0.1, 0.15) is 15.4 Å². The zero-order chi connectivity index (χ0) is 15.9. The van der Waals surface area contributed by atoms with Crippen LogP contribution >= 0.6 is 34.5 Å². The highest BCUT2D eigenvalue weighted by atomic mass is 35.5. The molecule has 4 nitrogen and oxygen atoms in total. The molecule has 0 saturated carbocycles. The smallest absolute Gasteiger partial charge is 0.267 e. The molecule has 7 heteroatoms. The predicted octanol–water partition coefficient (Wildman–Crippen LogP) is 4.75. The summed E-state index contributed by atoms with van der Waals surface area (Å²) in [6.45, 7) is 1.89. The molecule has 0 bridgehead atoms. The van der Waals surface area contributed by atoms with E-state index in [2.05, 4.69) is 10.3 Å². The number of nitrogens with two attached hydrogens (primary N) is 1. The number of halogens is 2. The Morgan fingerprint density at radius 1 is 1.27 bits per heavy atom. The highest BCUT2D eigenvalue weighted by Gasteiger charge is 2.18. The summed E-state index contributed by atoms with van der Waals surface area (Å²) in [5, 5.41) is 4.40. The molecular weight excluding hydrogens is 341 g/mol. The molecule has 3 N–H and O–H groups in total. The number of rotatable bonds is 2. The van der Waals surface area contributed by atoms with E-state index in [4.69, 9.17) is 28.9 Å². The van der Waals surface area contributed by atoms with Crippen LogP contribution in [0.4, 0.5) is 11.4 Å².